The van der Waals surface area contributed by atoms with Gasteiger partial charge in [-0.05, 0) is 31.4 Å². The lowest BCUT2D eigenvalue weighted by molar-refractivity contribution is -0.122. The fourth-order valence-corrected chi connectivity index (χ4v) is 3.61. The van der Waals surface area contributed by atoms with Crippen LogP contribution in [0.1, 0.15) is 5.69 Å². The van der Waals surface area contributed by atoms with E-state index in [1.165, 1.54) is 0 Å². The SMILES string of the molecule is Cc1cc(Nc2nc(N3C[C@@H]4[CH][C@@]4(C(N)=O)C3)nc3ncccc23)[nH]n1. The zero-order chi connectivity index (χ0) is 17.9. The van der Waals surface area contributed by atoms with Gasteiger partial charge in [-0.1, -0.05) is 0 Å². The van der Waals surface area contributed by atoms with Gasteiger partial charge in [0.1, 0.15) is 11.6 Å². The number of piperidine rings is 1. The van der Waals surface area contributed by atoms with Crippen molar-refractivity contribution in [2.75, 3.05) is 23.3 Å². The number of carbonyl (C=O) groups excluding carboxylic acids is 1. The van der Waals surface area contributed by atoms with Crippen LogP contribution in [0.2, 0.25) is 0 Å². The number of aryl methyl sites for hydroxylation is 1. The molecule has 4 N–H and O–H groups in total. The van der Waals surface area contributed by atoms with Crippen LogP contribution in [0.4, 0.5) is 17.6 Å². The number of rotatable bonds is 4. The lowest BCUT2D eigenvalue weighted by Gasteiger charge is -2.20. The summed E-state index contributed by atoms with van der Waals surface area (Å²) < 4.78 is 0. The van der Waals surface area contributed by atoms with E-state index in [1.54, 1.807) is 6.20 Å². The number of anilines is 3. The van der Waals surface area contributed by atoms with E-state index in [0.29, 0.717) is 30.5 Å². The number of primary amides is 1. The molecule has 1 saturated heterocycles. The summed E-state index contributed by atoms with van der Waals surface area (Å²) in [7, 11) is 0. The van der Waals surface area contributed by atoms with Crippen molar-refractivity contribution in [1.29, 1.82) is 0 Å². The van der Waals surface area contributed by atoms with Crippen molar-refractivity contribution >= 4 is 34.5 Å². The van der Waals surface area contributed by atoms with Crippen molar-refractivity contribution in [2.24, 2.45) is 17.1 Å². The second-order valence-electron chi connectivity index (χ2n) is 6.85. The number of nitrogens with two attached hydrogens (primary N) is 1. The van der Waals surface area contributed by atoms with Gasteiger partial charge in [0.25, 0.3) is 0 Å². The summed E-state index contributed by atoms with van der Waals surface area (Å²) in [6.07, 6.45) is 3.71. The van der Waals surface area contributed by atoms with Gasteiger partial charge in [-0.25, -0.2) is 4.98 Å². The molecular weight excluding hydrogens is 332 g/mol. The monoisotopic (exact) mass is 349 g/mol. The highest BCUT2D eigenvalue weighted by atomic mass is 16.1. The third-order valence-corrected chi connectivity index (χ3v) is 5.08. The number of pyridine rings is 1. The van der Waals surface area contributed by atoms with Crippen molar-refractivity contribution in [3.05, 3.63) is 36.5 Å². The van der Waals surface area contributed by atoms with Gasteiger partial charge in [0.15, 0.2) is 5.65 Å². The second kappa shape index (κ2) is 5.13. The van der Waals surface area contributed by atoms with Crippen LogP contribution in [0.3, 0.4) is 0 Å². The minimum absolute atomic E-state index is 0.176. The van der Waals surface area contributed by atoms with Gasteiger partial charge in [0, 0.05) is 25.4 Å². The first kappa shape index (κ1) is 15.1. The Bertz CT molecular complexity index is 1030. The van der Waals surface area contributed by atoms with Crippen molar-refractivity contribution in [3.8, 4) is 0 Å². The van der Waals surface area contributed by atoms with Crippen LogP contribution in [0.15, 0.2) is 24.4 Å². The minimum atomic E-state index is -0.531. The van der Waals surface area contributed by atoms with E-state index in [1.807, 2.05) is 36.4 Å². The third-order valence-electron chi connectivity index (χ3n) is 5.08. The predicted octanol–water partition coefficient (Wildman–Crippen LogP) is 0.926. The number of aromatic nitrogens is 5. The molecule has 5 rings (SSSR count). The maximum atomic E-state index is 11.8. The summed E-state index contributed by atoms with van der Waals surface area (Å²) in [4.78, 5) is 27.4. The Balaban J connectivity index is 1.54. The van der Waals surface area contributed by atoms with Crippen LogP contribution < -0.4 is 16.0 Å². The molecule has 9 heteroatoms. The molecule has 0 unspecified atom stereocenters. The molecule has 0 spiro atoms. The molecule has 2 aliphatic rings. The number of nitrogens with zero attached hydrogens (tertiary/aromatic N) is 5. The van der Waals surface area contributed by atoms with Gasteiger partial charge in [0.05, 0.1) is 16.5 Å². The molecule has 131 valence electrons. The first-order chi connectivity index (χ1) is 12.5. The maximum absolute atomic E-state index is 11.8. The van der Waals surface area contributed by atoms with Crippen LogP contribution in [-0.2, 0) is 4.79 Å². The molecule has 0 aromatic carbocycles. The van der Waals surface area contributed by atoms with Crippen LogP contribution >= 0.6 is 0 Å². The van der Waals surface area contributed by atoms with Gasteiger partial charge in [-0.3, -0.25) is 9.89 Å². The normalized spacial score (nSPS) is 23.9. The Morgan fingerprint density at radius 2 is 2.35 bits per heavy atom. The highest BCUT2D eigenvalue weighted by Crippen LogP contribution is 2.56. The first-order valence-electron chi connectivity index (χ1n) is 8.38. The molecule has 1 amide bonds. The van der Waals surface area contributed by atoms with Gasteiger partial charge < -0.3 is 16.0 Å². The van der Waals surface area contributed by atoms with E-state index < -0.39 is 5.41 Å². The lowest BCUT2D eigenvalue weighted by atomic mass is 10.1. The molecule has 3 aromatic rings. The van der Waals surface area contributed by atoms with E-state index in [2.05, 4.69) is 30.5 Å². The summed E-state index contributed by atoms with van der Waals surface area (Å²) in [6, 6.07) is 5.65. The van der Waals surface area contributed by atoms with Crippen LogP contribution in [0, 0.1) is 24.7 Å². The molecule has 3 aromatic heterocycles. The number of nitrogens with one attached hydrogen (secondary N) is 2. The molecular formula is C17H17N8O. The molecule has 0 bridgehead atoms. The van der Waals surface area contributed by atoms with Crippen LogP contribution in [-0.4, -0.2) is 44.1 Å². The van der Waals surface area contributed by atoms with Gasteiger partial charge >= 0.3 is 0 Å². The van der Waals surface area contributed by atoms with E-state index in [4.69, 9.17) is 5.73 Å². The van der Waals surface area contributed by atoms with E-state index in [0.717, 1.165) is 16.9 Å². The molecule has 2 atom stereocenters. The lowest BCUT2D eigenvalue weighted by Crippen LogP contribution is -2.33. The second-order valence-corrected chi connectivity index (χ2v) is 6.85. The average molecular weight is 349 g/mol. The predicted molar refractivity (Wildman–Crippen MR) is 95.6 cm³/mol. The van der Waals surface area contributed by atoms with Crippen molar-refractivity contribution in [2.45, 2.75) is 6.92 Å². The average Bonchev–Trinajstić information content (AvgIpc) is 2.97. The third kappa shape index (κ3) is 2.20. The Morgan fingerprint density at radius 1 is 1.46 bits per heavy atom. The van der Waals surface area contributed by atoms with E-state index >= 15 is 0 Å². The number of carbonyl (C=O) groups is 1. The van der Waals surface area contributed by atoms with E-state index in [9.17, 15) is 4.79 Å². The van der Waals surface area contributed by atoms with Crippen molar-refractivity contribution < 1.29 is 4.79 Å². The highest BCUT2D eigenvalue weighted by Gasteiger charge is 2.65. The van der Waals surface area contributed by atoms with Gasteiger partial charge in [0.2, 0.25) is 11.9 Å². The molecule has 1 aliphatic heterocycles. The number of aromatic amines is 1. The summed E-state index contributed by atoms with van der Waals surface area (Å²) in [5.41, 5.74) is 6.50. The largest absolute Gasteiger partial charge is 0.369 e. The Kier molecular flexibility index (Phi) is 2.97. The van der Waals surface area contributed by atoms with Gasteiger partial charge in [-0.2, -0.15) is 15.1 Å². The van der Waals surface area contributed by atoms with Crippen molar-refractivity contribution in [1.82, 2.24) is 25.1 Å². The summed E-state index contributed by atoms with van der Waals surface area (Å²) >= 11 is 0. The number of amides is 1. The quantitative estimate of drug-likeness (QED) is 0.639. The number of hydrogen-bond donors (Lipinski definition) is 3. The maximum Gasteiger partial charge on any atom is 0.229 e. The fourth-order valence-electron chi connectivity index (χ4n) is 3.61. The molecule has 1 saturated carbocycles. The fraction of sp³-hybridized carbons (Fsp3) is 0.294. The highest BCUT2D eigenvalue weighted by molar-refractivity contribution is 5.91. The number of H-pyrrole nitrogens is 1. The zero-order valence-corrected chi connectivity index (χ0v) is 14.1. The first-order valence-corrected chi connectivity index (χ1v) is 8.38. The van der Waals surface area contributed by atoms with Crippen LogP contribution in [0.5, 0.6) is 0 Å². The molecule has 1 aliphatic carbocycles. The zero-order valence-electron chi connectivity index (χ0n) is 14.1. The molecule has 4 heterocycles. The summed E-state index contributed by atoms with van der Waals surface area (Å²) in [5, 5.41) is 11.1. The Hall–Kier alpha value is -3.23. The Labute approximate surface area is 149 Å². The Morgan fingerprint density at radius 3 is 3.08 bits per heavy atom. The minimum Gasteiger partial charge on any atom is -0.369 e. The molecule has 2 fully saturated rings. The van der Waals surface area contributed by atoms with Crippen LogP contribution in [0.25, 0.3) is 11.0 Å². The summed E-state index contributed by atoms with van der Waals surface area (Å²) in [5.74, 6) is 1.81. The number of hydrogen-bond acceptors (Lipinski definition) is 7. The van der Waals surface area contributed by atoms with E-state index in [-0.39, 0.29) is 11.8 Å². The smallest absolute Gasteiger partial charge is 0.229 e. The van der Waals surface area contributed by atoms with Crippen molar-refractivity contribution in [3.63, 3.8) is 0 Å². The number of fused-ring (bicyclic) bond motifs is 2. The molecule has 26 heavy (non-hydrogen) atoms. The topological polar surface area (TPSA) is 126 Å². The summed E-state index contributed by atoms with van der Waals surface area (Å²) in [6.45, 7) is 3.10. The van der Waals surface area contributed by atoms with Gasteiger partial charge in [-0.15, -0.1) is 0 Å². The molecule has 9 nitrogen and oxygen atoms in total. The standard InChI is InChI=1S/C17H17N8O/c1-9-5-12(24-23-9)20-14-11-3-2-4-19-13(11)21-16(22-14)25-7-10-6-17(10,8-25)15(18)26/h2-6,10H,7-8H2,1H3,(H2,18,26)(H2,19,20,21,22,23,24)/t10-,17+/m0/s1. The molecule has 1 radical (unpaired) electrons.